The number of nitrogens with one attached hydrogen (secondary N) is 2. The number of amides is 1. The molecule has 0 bridgehead atoms. The highest BCUT2D eigenvalue weighted by molar-refractivity contribution is 5.68. The Balaban J connectivity index is 1.36. The van der Waals surface area contributed by atoms with Crippen LogP contribution < -0.4 is 10.6 Å². The largest absolute Gasteiger partial charge is 0.444 e. The first-order chi connectivity index (χ1) is 16.8. The fraction of sp³-hybridized carbons (Fsp3) is 0.783. The van der Waals surface area contributed by atoms with Crippen LogP contribution in [0, 0.1) is 5.92 Å². The van der Waals surface area contributed by atoms with Crippen LogP contribution in [-0.4, -0.2) is 93.9 Å². The quantitative estimate of drug-likeness (QED) is 0.400. The third kappa shape index (κ3) is 8.15. The second-order valence-corrected chi connectivity index (χ2v) is 10.3. The molecule has 13 heteroatoms. The van der Waals surface area contributed by atoms with Crippen molar-refractivity contribution in [2.24, 2.45) is 5.92 Å². The molecule has 1 aromatic heterocycles. The summed E-state index contributed by atoms with van der Waals surface area (Å²) in [6.45, 7) is 7.81. The van der Waals surface area contributed by atoms with Gasteiger partial charge in [0.1, 0.15) is 23.6 Å². The van der Waals surface area contributed by atoms with Crippen LogP contribution in [0.5, 0.6) is 0 Å². The van der Waals surface area contributed by atoms with Gasteiger partial charge in [0.25, 0.3) is 0 Å². The van der Waals surface area contributed by atoms with E-state index in [1.807, 2.05) is 20.8 Å². The van der Waals surface area contributed by atoms with Gasteiger partial charge in [-0.3, -0.25) is 4.98 Å². The minimum Gasteiger partial charge on any atom is -0.444 e. The van der Waals surface area contributed by atoms with Gasteiger partial charge in [0.05, 0.1) is 31.1 Å². The SMILES string of the molecule is CC(C)(C)OC(=O)N1CCC(CCNC[C@H]2OC[C@H](Nc3cncc(C(F)(F)F)n3)[C@@H](O)[C@H]2O)CC1. The van der Waals surface area contributed by atoms with Crippen molar-refractivity contribution in [2.45, 2.75) is 76.2 Å². The normalized spacial score (nSPS) is 26.1. The number of alkyl halides is 3. The Hall–Kier alpha value is -2.22. The van der Waals surface area contributed by atoms with Crippen molar-refractivity contribution >= 4 is 11.9 Å². The molecule has 0 aromatic carbocycles. The molecule has 0 saturated carbocycles. The number of aliphatic hydroxyl groups is 2. The maximum atomic E-state index is 12.8. The fourth-order valence-electron chi connectivity index (χ4n) is 4.23. The summed E-state index contributed by atoms with van der Waals surface area (Å²) >= 11 is 0. The number of aliphatic hydroxyl groups excluding tert-OH is 2. The van der Waals surface area contributed by atoms with Gasteiger partial charge in [-0.15, -0.1) is 0 Å². The number of halogens is 3. The summed E-state index contributed by atoms with van der Waals surface area (Å²) in [4.78, 5) is 20.9. The summed E-state index contributed by atoms with van der Waals surface area (Å²) in [6, 6.07) is -0.843. The van der Waals surface area contributed by atoms with Crippen LogP contribution >= 0.6 is 0 Å². The third-order valence-electron chi connectivity index (χ3n) is 6.23. The second kappa shape index (κ2) is 11.9. The number of carbonyl (C=O) groups is 1. The lowest BCUT2D eigenvalue weighted by Gasteiger charge is -2.38. The first-order valence-corrected chi connectivity index (χ1v) is 12.2. The number of hydrogen-bond donors (Lipinski definition) is 4. The van der Waals surface area contributed by atoms with Crippen molar-refractivity contribution in [1.82, 2.24) is 20.2 Å². The maximum absolute atomic E-state index is 12.8. The van der Waals surface area contributed by atoms with Crippen LogP contribution in [0.15, 0.2) is 12.4 Å². The molecule has 204 valence electrons. The maximum Gasteiger partial charge on any atom is 0.434 e. The second-order valence-electron chi connectivity index (χ2n) is 10.3. The van der Waals surface area contributed by atoms with Gasteiger partial charge >= 0.3 is 12.3 Å². The summed E-state index contributed by atoms with van der Waals surface area (Å²) < 4.78 is 49.6. The lowest BCUT2D eigenvalue weighted by molar-refractivity contribution is -0.141. The average molecular weight is 520 g/mol. The van der Waals surface area contributed by atoms with Crippen LogP contribution in [0.4, 0.5) is 23.8 Å². The first kappa shape index (κ1) is 28.4. The minimum atomic E-state index is -4.64. The molecule has 0 aliphatic carbocycles. The lowest BCUT2D eigenvalue weighted by Crippen LogP contribution is -2.58. The number of likely N-dealkylation sites (tertiary alicyclic amines) is 1. The van der Waals surface area contributed by atoms with Crippen LogP contribution in [0.25, 0.3) is 0 Å². The molecular weight excluding hydrogens is 483 g/mol. The molecule has 2 saturated heterocycles. The molecule has 2 fully saturated rings. The van der Waals surface area contributed by atoms with Gasteiger partial charge in [-0.25, -0.2) is 9.78 Å². The van der Waals surface area contributed by atoms with E-state index < -0.39 is 41.8 Å². The number of hydrogen-bond acceptors (Lipinski definition) is 9. The van der Waals surface area contributed by atoms with Crippen molar-refractivity contribution in [3.05, 3.63) is 18.1 Å². The van der Waals surface area contributed by atoms with Crippen molar-refractivity contribution in [3.63, 3.8) is 0 Å². The van der Waals surface area contributed by atoms with Crippen LogP contribution in [0.1, 0.15) is 45.7 Å². The number of piperidine rings is 1. The standard InChI is InChI=1S/C23H36F3N5O5/c1-22(2,3)36-21(34)31-8-5-14(6-9-31)4-7-27-10-16-20(33)19(32)15(13-35-16)29-18-12-28-11-17(30-18)23(24,25)26/h11-12,14-16,19-20,27,32-33H,4-10,13H2,1-3H3,(H,29,30)/t15-,16+,19+,20-/m0/s1. The van der Waals surface area contributed by atoms with E-state index in [-0.39, 0.29) is 18.5 Å². The van der Waals surface area contributed by atoms with Gasteiger partial charge in [0.15, 0.2) is 5.69 Å². The van der Waals surface area contributed by atoms with Crippen molar-refractivity contribution < 1.29 is 37.7 Å². The highest BCUT2D eigenvalue weighted by Gasteiger charge is 2.39. The van der Waals surface area contributed by atoms with Gasteiger partial charge in [-0.05, 0) is 52.5 Å². The molecule has 4 N–H and O–H groups in total. The van der Waals surface area contributed by atoms with Gasteiger partial charge in [-0.2, -0.15) is 13.2 Å². The monoisotopic (exact) mass is 519 g/mol. The highest BCUT2D eigenvalue weighted by atomic mass is 19.4. The molecule has 0 radical (unpaired) electrons. The van der Waals surface area contributed by atoms with Crippen molar-refractivity contribution in [1.29, 1.82) is 0 Å². The molecule has 36 heavy (non-hydrogen) atoms. The zero-order valence-corrected chi connectivity index (χ0v) is 20.8. The number of ether oxygens (including phenoxy) is 2. The predicted molar refractivity (Wildman–Crippen MR) is 124 cm³/mol. The molecule has 0 spiro atoms. The number of carbonyl (C=O) groups excluding carboxylic acids is 1. The summed E-state index contributed by atoms with van der Waals surface area (Å²) in [7, 11) is 0. The molecule has 3 heterocycles. The molecule has 0 unspecified atom stereocenters. The number of anilines is 1. The Bertz CT molecular complexity index is 861. The van der Waals surface area contributed by atoms with Gasteiger partial charge in [-0.1, -0.05) is 0 Å². The Morgan fingerprint density at radius 3 is 2.53 bits per heavy atom. The Labute approximate surface area is 208 Å². The Morgan fingerprint density at radius 2 is 1.89 bits per heavy atom. The zero-order chi connectivity index (χ0) is 26.5. The van der Waals surface area contributed by atoms with E-state index in [1.54, 1.807) is 4.90 Å². The number of aromatic nitrogens is 2. The number of rotatable bonds is 7. The first-order valence-electron chi connectivity index (χ1n) is 12.2. The highest BCUT2D eigenvalue weighted by Crippen LogP contribution is 2.28. The topological polar surface area (TPSA) is 129 Å². The molecule has 4 atom stereocenters. The molecule has 3 rings (SSSR count). The molecule has 1 aromatic rings. The van der Waals surface area contributed by atoms with Crippen LogP contribution in [0.3, 0.4) is 0 Å². The van der Waals surface area contributed by atoms with Gasteiger partial charge in [0.2, 0.25) is 0 Å². The van der Waals surface area contributed by atoms with Crippen molar-refractivity contribution in [2.75, 3.05) is 38.1 Å². The van der Waals surface area contributed by atoms with Crippen LogP contribution in [-0.2, 0) is 15.7 Å². The van der Waals surface area contributed by atoms with E-state index in [4.69, 9.17) is 9.47 Å². The van der Waals surface area contributed by atoms with E-state index in [1.165, 1.54) is 0 Å². The number of nitrogens with zero attached hydrogens (tertiary/aromatic N) is 3. The zero-order valence-electron chi connectivity index (χ0n) is 20.8. The van der Waals surface area contributed by atoms with Gasteiger partial charge < -0.3 is 35.2 Å². The van der Waals surface area contributed by atoms with Crippen molar-refractivity contribution in [3.8, 4) is 0 Å². The smallest absolute Gasteiger partial charge is 0.434 e. The molecule has 10 nitrogen and oxygen atoms in total. The van der Waals surface area contributed by atoms with E-state index >= 15 is 0 Å². The molecule has 1 amide bonds. The Kier molecular flexibility index (Phi) is 9.36. The minimum absolute atomic E-state index is 0.0222. The summed E-state index contributed by atoms with van der Waals surface area (Å²) in [5.74, 6) is 0.292. The van der Waals surface area contributed by atoms with E-state index in [2.05, 4.69) is 20.6 Å². The van der Waals surface area contributed by atoms with E-state index in [0.29, 0.717) is 38.3 Å². The molecule has 2 aliphatic heterocycles. The molecular formula is C23H36F3N5O5. The fourth-order valence-corrected chi connectivity index (χ4v) is 4.23. The summed E-state index contributed by atoms with van der Waals surface area (Å²) in [6.07, 6.45) is -3.71. The predicted octanol–water partition coefficient (Wildman–Crippen LogP) is 2.02. The van der Waals surface area contributed by atoms with Crippen LogP contribution in [0.2, 0.25) is 0 Å². The third-order valence-corrected chi connectivity index (χ3v) is 6.23. The summed E-state index contributed by atoms with van der Waals surface area (Å²) in [5.41, 5.74) is -1.67. The van der Waals surface area contributed by atoms with Gasteiger partial charge in [0, 0.05) is 19.6 Å². The lowest BCUT2D eigenvalue weighted by atomic mass is 9.93. The summed E-state index contributed by atoms with van der Waals surface area (Å²) in [5, 5.41) is 26.8. The van der Waals surface area contributed by atoms with E-state index in [9.17, 15) is 28.2 Å². The van der Waals surface area contributed by atoms with E-state index in [0.717, 1.165) is 25.5 Å². The average Bonchev–Trinajstić information content (AvgIpc) is 2.80. The molecule has 2 aliphatic rings. The Morgan fingerprint density at radius 1 is 1.19 bits per heavy atom.